The van der Waals surface area contributed by atoms with Crippen LogP contribution in [0, 0.1) is 11.8 Å². The summed E-state index contributed by atoms with van der Waals surface area (Å²) in [6.07, 6.45) is -2.08. The Balaban J connectivity index is 2.17. The standard InChI is InChI=1S/C18H33NO7/c1-11(2)13(21)5-3-4-6-15(22)19-7-8-26-14-9-12(10-20)16(23)18(25)17(14)24/h11-12,14,16-18,20,23-25H,3-10H2,1-2H3,(H,19,22)/t12-,14-,16-,17+,18+/m1/s1. The molecule has 152 valence electrons. The molecule has 1 amide bonds. The fraction of sp³-hybridized carbons (Fsp3) is 0.889. The molecule has 0 aromatic rings. The topological polar surface area (TPSA) is 136 Å². The van der Waals surface area contributed by atoms with E-state index >= 15 is 0 Å². The van der Waals surface area contributed by atoms with Gasteiger partial charge in [0.1, 0.15) is 18.0 Å². The number of amides is 1. The van der Waals surface area contributed by atoms with E-state index in [2.05, 4.69) is 5.32 Å². The molecule has 1 aliphatic rings. The van der Waals surface area contributed by atoms with Crippen LogP contribution in [-0.4, -0.2) is 76.3 Å². The van der Waals surface area contributed by atoms with Gasteiger partial charge in [0.25, 0.3) is 0 Å². The highest BCUT2D eigenvalue weighted by molar-refractivity contribution is 5.80. The third-order valence-corrected chi connectivity index (χ3v) is 4.81. The van der Waals surface area contributed by atoms with Gasteiger partial charge in [0.05, 0.1) is 18.8 Å². The van der Waals surface area contributed by atoms with Gasteiger partial charge >= 0.3 is 0 Å². The molecule has 0 unspecified atom stereocenters. The van der Waals surface area contributed by atoms with Crippen LogP contribution in [0.3, 0.4) is 0 Å². The molecule has 0 spiro atoms. The molecule has 5 N–H and O–H groups in total. The van der Waals surface area contributed by atoms with Crippen molar-refractivity contribution in [2.45, 2.75) is 70.4 Å². The van der Waals surface area contributed by atoms with Crippen LogP contribution >= 0.6 is 0 Å². The minimum absolute atomic E-state index is 0.0289. The second-order valence-corrected chi connectivity index (χ2v) is 7.24. The molecule has 0 bridgehead atoms. The first-order chi connectivity index (χ1) is 12.3. The van der Waals surface area contributed by atoms with E-state index in [9.17, 15) is 30.0 Å². The lowest BCUT2D eigenvalue weighted by Crippen LogP contribution is -2.55. The Morgan fingerprint density at radius 1 is 1.08 bits per heavy atom. The summed E-state index contributed by atoms with van der Waals surface area (Å²) >= 11 is 0. The predicted octanol–water partition coefficient (Wildman–Crippen LogP) is -0.632. The van der Waals surface area contributed by atoms with E-state index in [0.29, 0.717) is 25.7 Å². The zero-order valence-electron chi connectivity index (χ0n) is 15.6. The fourth-order valence-corrected chi connectivity index (χ4v) is 2.99. The van der Waals surface area contributed by atoms with Crippen LogP contribution in [0.25, 0.3) is 0 Å². The number of unbranched alkanes of at least 4 members (excludes halogenated alkanes) is 1. The van der Waals surface area contributed by atoms with E-state index in [1.54, 1.807) is 0 Å². The van der Waals surface area contributed by atoms with Crippen molar-refractivity contribution in [3.8, 4) is 0 Å². The number of aliphatic hydroxyl groups excluding tert-OH is 4. The van der Waals surface area contributed by atoms with Crippen LogP contribution in [0.4, 0.5) is 0 Å². The number of hydrogen-bond donors (Lipinski definition) is 5. The quantitative estimate of drug-likeness (QED) is 0.303. The van der Waals surface area contributed by atoms with Crippen molar-refractivity contribution in [3.63, 3.8) is 0 Å². The number of ketones is 1. The van der Waals surface area contributed by atoms with Crippen molar-refractivity contribution < 1.29 is 34.8 Å². The Morgan fingerprint density at radius 2 is 1.73 bits per heavy atom. The maximum absolute atomic E-state index is 11.7. The molecule has 5 atom stereocenters. The van der Waals surface area contributed by atoms with Crippen molar-refractivity contribution in [2.24, 2.45) is 11.8 Å². The minimum atomic E-state index is -1.37. The van der Waals surface area contributed by atoms with E-state index in [0.717, 1.165) is 0 Å². The van der Waals surface area contributed by atoms with Crippen molar-refractivity contribution in [1.82, 2.24) is 5.32 Å². The van der Waals surface area contributed by atoms with Crippen LogP contribution in [0.15, 0.2) is 0 Å². The molecule has 1 aliphatic carbocycles. The molecular formula is C18H33NO7. The summed E-state index contributed by atoms with van der Waals surface area (Å²) in [6.45, 7) is 3.83. The SMILES string of the molecule is CC(C)C(=O)CCCCC(=O)NCCO[C@@H]1C[C@H](CO)[C@@H](O)[C@H](O)[C@H]1O. The molecule has 0 aromatic carbocycles. The third-order valence-electron chi connectivity index (χ3n) is 4.81. The molecular weight excluding hydrogens is 342 g/mol. The number of hydrogen-bond acceptors (Lipinski definition) is 7. The van der Waals surface area contributed by atoms with Crippen LogP contribution in [-0.2, 0) is 14.3 Å². The molecule has 26 heavy (non-hydrogen) atoms. The van der Waals surface area contributed by atoms with Gasteiger partial charge in [-0.25, -0.2) is 0 Å². The van der Waals surface area contributed by atoms with Gasteiger partial charge in [0, 0.05) is 37.8 Å². The third kappa shape index (κ3) is 7.28. The highest BCUT2D eigenvalue weighted by Crippen LogP contribution is 2.27. The summed E-state index contributed by atoms with van der Waals surface area (Å²) in [6, 6.07) is 0. The zero-order valence-corrected chi connectivity index (χ0v) is 15.6. The van der Waals surface area contributed by atoms with Gasteiger partial charge in [0.2, 0.25) is 5.91 Å². The normalized spacial score (nSPS) is 29.0. The highest BCUT2D eigenvalue weighted by Gasteiger charge is 2.42. The van der Waals surface area contributed by atoms with Gasteiger partial charge in [-0.15, -0.1) is 0 Å². The van der Waals surface area contributed by atoms with Gasteiger partial charge in [-0.05, 0) is 19.3 Å². The van der Waals surface area contributed by atoms with E-state index in [-0.39, 0.29) is 43.8 Å². The van der Waals surface area contributed by atoms with E-state index in [1.165, 1.54) is 0 Å². The molecule has 1 fully saturated rings. The predicted molar refractivity (Wildman–Crippen MR) is 94.3 cm³/mol. The number of ether oxygens (including phenoxy) is 1. The molecule has 0 radical (unpaired) electrons. The lowest BCUT2D eigenvalue weighted by atomic mass is 9.81. The molecule has 0 aromatic heterocycles. The van der Waals surface area contributed by atoms with Crippen molar-refractivity contribution in [2.75, 3.05) is 19.8 Å². The second-order valence-electron chi connectivity index (χ2n) is 7.24. The van der Waals surface area contributed by atoms with Crippen molar-refractivity contribution >= 4 is 11.7 Å². The molecule has 0 saturated heterocycles. The number of aliphatic hydroxyl groups is 4. The fourth-order valence-electron chi connectivity index (χ4n) is 2.99. The van der Waals surface area contributed by atoms with Crippen LogP contribution in [0.2, 0.25) is 0 Å². The number of carbonyl (C=O) groups is 2. The van der Waals surface area contributed by atoms with Gasteiger partial charge in [-0.1, -0.05) is 13.8 Å². The number of rotatable bonds is 11. The maximum atomic E-state index is 11.7. The van der Waals surface area contributed by atoms with Gasteiger partial charge in [0.15, 0.2) is 0 Å². The van der Waals surface area contributed by atoms with Gasteiger partial charge in [-0.2, -0.15) is 0 Å². The molecule has 1 saturated carbocycles. The average molecular weight is 375 g/mol. The summed E-state index contributed by atoms with van der Waals surface area (Å²) in [5.41, 5.74) is 0. The second kappa shape index (κ2) is 11.6. The Hall–Kier alpha value is -1.06. The molecule has 8 nitrogen and oxygen atoms in total. The summed E-state index contributed by atoms with van der Waals surface area (Å²) in [5, 5.41) is 41.3. The van der Waals surface area contributed by atoms with E-state index < -0.39 is 30.3 Å². The largest absolute Gasteiger partial charge is 0.396 e. The number of Topliss-reactive ketones (excluding diaryl/α,β-unsaturated/α-hetero) is 1. The van der Waals surface area contributed by atoms with Crippen LogP contribution in [0.1, 0.15) is 46.0 Å². The van der Waals surface area contributed by atoms with E-state index in [4.69, 9.17) is 4.74 Å². The highest BCUT2D eigenvalue weighted by atomic mass is 16.5. The number of nitrogens with one attached hydrogen (secondary N) is 1. The lowest BCUT2D eigenvalue weighted by Gasteiger charge is -2.39. The summed E-state index contributed by atoms with van der Waals surface area (Å²) in [5.74, 6) is -0.445. The van der Waals surface area contributed by atoms with Crippen LogP contribution in [0.5, 0.6) is 0 Å². The summed E-state index contributed by atoms with van der Waals surface area (Å²) in [4.78, 5) is 23.2. The van der Waals surface area contributed by atoms with Gasteiger partial charge < -0.3 is 30.5 Å². The molecule has 8 heteroatoms. The summed E-state index contributed by atoms with van der Waals surface area (Å²) < 4.78 is 5.49. The Bertz CT molecular complexity index is 441. The molecule has 0 aliphatic heterocycles. The first-order valence-electron chi connectivity index (χ1n) is 9.34. The summed E-state index contributed by atoms with van der Waals surface area (Å²) in [7, 11) is 0. The number of carbonyl (C=O) groups excluding carboxylic acids is 2. The van der Waals surface area contributed by atoms with Gasteiger partial charge in [-0.3, -0.25) is 9.59 Å². The average Bonchev–Trinajstić information content (AvgIpc) is 2.61. The van der Waals surface area contributed by atoms with E-state index in [1.807, 2.05) is 13.8 Å². The van der Waals surface area contributed by atoms with Crippen molar-refractivity contribution in [3.05, 3.63) is 0 Å². The minimum Gasteiger partial charge on any atom is -0.396 e. The zero-order chi connectivity index (χ0) is 19.7. The smallest absolute Gasteiger partial charge is 0.220 e. The molecule has 0 heterocycles. The molecule has 1 rings (SSSR count). The first-order valence-corrected chi connectivity index (χ1v) is 9.34. The lowest BCUT2D eigenvalue weighted by molar-refractivity contribution is -0.177. The van der Waals surface area contributed by atoms with Crippen molar-refractivity contribution in [1.29, 1.82) is 0 Å². The van der Waals surface area contributed by atoms with Crippen LogP contribution < -0.4 is 5.32 Å². The Morgan fingerprint density at radius 3 is 2.35 bits per heavy atom. The maximum Gasteiger partial charge on any atom is 0.220 e. The Labute approximate surface area is 154 Å². The first kappa shape index (κ1) is 23.0. The Kier molecular flexibility index (Phi) is 10.3. The monoisotopic (exact) mass is 375 g/mol.